The first-order valence-corrected chi connectivity index (χ1v) is 8.83. The molecule has 0 fully saturated rings. The summed E-state index contributed by atoms with van der Waals surface area (Å²) in [5, 5.41) is 11.3. The van der Waals surface area contributed by atoms with Crippen LogP contribution in [-0.2, 0) is 14.4 Å². The van der Waals surface area contributed by atoms with Gasteiger partial charge in [0.15, 0.2) is 0 Å². The molecule has 7 nitrogen and oxygen atoms in total. The van der Waals surface area contributed by atoms with E-state index in [1.165, 1.54) is 0 Å². The third-order valence-corrected chi connectivity index (χ3v) is 3.69. The highest BCUT2D eigenvalue weighted by atomic mass is 16.2. The van der Waals surface area contributed by atoms with Gasteiger partial charge in [-0.1, -0.05) is 19.9 Å². The van der Waals surface area contributed by atoms with Gasteiger partial charge in [0.25, 0.3) is 0 Å². The van der Waals surface area contributed by atoms with Crippen molar-refractivity contribution in [2.24, 2.45) is 0 Å². The van der Waals surface area contributed by atoms with Gasteiger partial charge in [-0.3, -0.25) is 14.4 Å². The second-order valence-corrected chi connectivity index (χ2v) is 5.86. The Labute approximate surface area is 158 Å². The lowest BCUT2D eigenvalue weighted by molar-refractivity contribution is -0.116. The number of rotatable bonds is 8. The SMILES string of the molecule is CCC(=O)Nc1ccc(NCC(=O)Nc2cccc(NC(=O)CC)c2)cc1. The fourth-order valence-corrected chi connectivity index (χ4v) is 2.23. The zero-order chi connectivity index (χ0) is 19.6. The molecule has 4 N–H and O–H groups in total. The second-order valence-electron chi connectivity index (χ2n) is 5.86. The van der Waals surface area contributed by atoms with E-state index in [9.17, 15) is 14.4 Å². The molecule has 0 aliphatic carbocycles. The number of hydrogen-bond acceptors (Lipinski definition) is 4. The Hall–Kier alpha value is -3.35. The summed E-state index contributed by atoms with van der Waals surface area (Å²) in [6, 6.07) is 14.1. The molecule has 0 aromatic heterocycles. The molecule has 3 amide bonds. The summed E-state index contributed by atoms with van der Waals surface area (Å²) in [6.45, 7) is 3.65. The summed E-state index contributed by atoms with van der Waals surface area (Å²) in [5.74, 6) is -0.344. The molecular formula is C20H24N4O3. The van der Waals surface area contributed by atoms with E-state index in [0.29, 0.717) is 29.9 Å². The van der Waals surface area contributed by atoms with Gasteiger partial charge in [-0.25, -0.2) is 0 Å². The van der Waals surface area contributed by atoms with E-state index >= 15 is 0 Å². The maximum absolute atomic E-state index is 12.1. The van der Waals surface area contributed by atoms with Crippen molar-refractivity contribution < 1.29 is 14.4 Å². The van der Waals surface area contributed by atoms with Gasteiger partial charge in [0.05, 0.1) is 6.54 Å². The lowest BCUT2D eigenvalue weighted by Gasteiger charge is -2.10. The van der Waals surface area contributed by atoms with Crippen LogP contribution in [0.5, 0.6) is 0 Å². The monoisotopic (exact) mass is 368 g/mol. The first-order chi connectivity index (χ1) is 13.0. The van der Waals surface area contributed by atoms with Crippen molar-refractivity contribution >= 4 is 40.5 Å². The van der Waals surface area contributed by atoms with E-state index in [4.69, 9.17) is 0 Å². The van der Waals surface area contributed by atoms with E-state index in [1.807, 2.05) is 0 Å². The summed E-state index contributed by atoms with van der Waals surface area (Å²) >= 11 is 0. The molecule has 2 aromatic rings. The molecule has 0 bridgehead atoms. The van der Waals surface area contributed by atoms with Gasteiger partial charge >= 0.3 is 0 Å². The molecule has 0 spiro atoms. The maximum atomic E-state index is 12.1. The minimum Gasteiger partial charge on any atom is -0.376 e. The van der Waals surface area contributed by atoms with Crippen LogP contribution in [0, 0.1) is 0 Å². The molecule has 2 aromatic carbocycles. The Morgan fingerprint density at radius 2 is 1.15 bits per heavy atom. The Morgan fingerprint density at radius 3 is 1.70 bits per heavy atom. The number of carbonyl (C=O) groups is 3. The van der Waals surface area contributed by atoms with Gasteiger partial charge in [0.2, 0.25) is 17.7 Å². The largest absolute Gasteiger partial charge is 0.376 e. The molecule has 0 unspecified atom stereocenters. The highest BCUT2D eigenvalue weighted by Crippen LogP contribution is 2.16. The Morgan fingerprint density at radius 1 is 0.667 bits per heavy atom. The van der Waals surface area contributed by atoms with Crippen LogP contribution in [0.3, 0.4) is 0 Å². The fraction of sp³-hybridized carbons (Fsp3) is 0.250. The van der Waals surface area contributed by atoms with Crippen LogP contribution in [0.1, 0.15) is 26.7 Å². The van der Waals surface area contributed by atoms with Gasteiger partial charge in [0, 0.05) is 35.6 Å². The first-order valence-electron chi connectivity index (χ1n) is 8.83. The van der Waals surface area contributed by atoms with Crippen LogP contribution in [0.15, 0.2) is 48.5 Å². The normalized spacial score (nSPS) is 10.0. The molecule has 0 aliphatic heterocycles. The number of carbonyl (C=O) groups excluding carboxylic acids is 3. The van der Waals surface area contributed by atoms with Crippen LogP contribution < -0.4 is 21.3 Å². The van der Waals surface area contributed by atoms with Crippen molar-refractivity contribution in [3.63, 3.8) is 0 Å². The lowest BCUT2D eigenvalue weighted by Crippen LogP contribution is -2.21. The van der Waals surface area contributed by atoms with Crippen LogP contribution in [-0.4, -0.2) is 24.3 Å². The zero-order valence-electron chi connectivity index (χ0n) is 15.5. The van der Waals surface area contributed by atoms with Crippen LogP contribution >= 0.6 is 0 Å². The summed E-state index contributed by atoms with van der Waals surface area (Å²) in [7, 11) is 0. The quantitative estimate of drug-likeness (QED) is 0.573. The Kier molecular flexibility index (Phi) is 7.37. The molecule has 0 saturated carbocycles. The van der Waals surface area contributed by atoms with Crippen molar-refractivity contribution in [3.05, 3.63) is 48.5 Å². The first kappa shape index (κ1) is 20.0. The molecule has 7 heteroatoms. The predicted molar refractivity (Wildman–Crippen MR) is 108 cm³/mol. The number of amides is 3. The molecule has 0 saturated heterocycles. The van der Waals surface area contributed by atoms with E-state index in [1.54, 1.807) is 62.4 Å². The minimum absolute atomic E-state index is 0.0487. The minimum atomic E-state index is -0.211. The predicted octanol–water partition coefficient (Wildman–Crippen LogP) is 3.43. The number of nitrogens with one attached hydrogen (secondary N) is 4. The van der Waals surface area contributed by atoms with Gasteiger partial charge in [-0.2, -0.15) is 0 Å². The molecule has 142 valence electrons. The second kappa shape index (κ2) is 9.96. The van der Waals surface area contributed by atoms with Crippen LogP contribution in [0.4, 0.5) is 22.7 Å². The number of anilines is 4. The van der Waals surface area contributed by atoms with Gasteiger partial charge in [0.1, 0.15) is 0 Å². The zero-order valence-corrected chi connectivity index (χ0v) is 15.5. The molecule has 2 rings (SSSR count). The van der Waals surface area contributed by atoms with Gasteiger partial charge < -0.3 is 21.3 Å². The third kappa shape index (κ3) is 6.81. The lowest BCUT2D eigenvalue weighted by atomic mass is 10.2. The van der Waals surface area contributed by atoms with Crippen molar-refractivity contribution in [2.75, 3.05) is 27.8 Å². The molecular weight excluding hydrogens is 344 g/mol. The van der Waals surface area contributed by atoms with Crippen molar-refractivity contribution in [3.8, 4) is 0 Å². The topological polar surface area (TPSA) is 99.3 Å². The van der Waals surface area contributed by atoms with Gasteiger partial charge in [-0.15, -0.1) is 0 Å². The average molecular weight is 368 g/mol. The van der Waals surface area contributed by atoms with E-state index < -0.39 is 0 Å². The molecule has 0 aliphatic rings. The Balaban J connectivity index is 1.84. The average Bonchev–Trinajstić information content (AvgIpc) is 2.67. The van der Waals surface area contributed by atoms with Crippen molar-refractivity contribution in [1.29, 1.82) is 0 Å². The van der Waals surface area contributed by atoms with E-state index in [0.717, 1.165) is 5.69 Å². The molecule has 27 heavy (non-hydrogen) atoms. The summed E-state index contributed by atoms with van der Waals surface area (Å²) < 4.78 is 0. The van der Waals surface area contributed by atoms with Crippen molar-refractivity contribution in [2.45, 2.75) is 26.7 Å². The fourth-order valence-electron chi connectivity index (χ4n) is 2.23. The third-order valence-electron chi connectivity index (χ3n) is 3.69. The molecule has 0 heterocycles. The summed E-state index contributed by atoms with van der Waals surface area (Å²) in [6.07, 6.45) is 0.810. The highest BCUT2D eigenvalue weighted by Gasteiger charge is 2.05. The summed E-state index contributed by atoms with van der Waals surface area (Å²) in [5.41, 5.74) is 2.72. The smallest absolute Gasteiger partial charge is 0.243 e. The van der Waals surface area contributed by atoms with E-state index in [-0.39, 0.29) is 24.3 Å². The van der Waals surface area contributed by atoms with Crippen LogP contribution in [0.2, 0.25) is 0 Å². The Bertz CT molecular complexity index is 803. The van der Waals surface area contributed by atoms with Crippen molar-refractivity contribution in [1.82, 2.24) is 0 Å². The maximum Gasteiger partial charge on any atom is 0.243 e. The molecule has 0 radical (unpaired) electrons. The number of benzene rings is 2. The highest BCUT2D eigenvalue weighted by molar-refractivity contribution is 5.96. The standard InChI is InChI=1S/C20H24N4O3/c1-3-18(25)22-15-10-8-14(9-11-15)21-13-20(27)24-17-7-5-6-16(12-17)23-19(26)4-2/h5-12,21H,3-4,13H2,1-2H3,(H,22,25)(H,23,26)(H,24,27). The van der Waals surface area contributed by atoms with Crippen LogP contribution in [0.25, 0.3) is 0 Å². The number of hydrogen-bond donors (Lipinski definition) is 4. The van der Waals surface area contributed by atoms with Gasteiger partial charge in [-0.05, 0) is 42.5 Å². The van der Waals surface area contributed by atoms with E-state index in [2.05, 4.69) is 21.3 Å². The molecule has 0 atom stereocenters. The summed E-state index contributed by atoms with van der Waals surface area (Å²) in [4.78, 5) is 34.9.